The first-order valence-corrected chi connectivity index (χ1v) is 8.86. The Bertz CT molecular complexity index is 857. The molecule has 2 unspecified atom stereocenters. The van der Waals surface area contributed by atoms with Gasteiger partial charge in [-0.05, 0) is 31.0 Å². The highest BCUT2D eigenvalue weighted by Gasteiger charge is 2.35. The summed E-state index contributed by atoms with van der Waals surface area (Å²) < 4.78 is 22.5. The van der Waals surface area contributed by atoms with E-state index in [9.17, 15) is 13.8 Å². The fourth-order valence-electron chi connectivity index (χ4n) is 2.63. The van der Waals surface area contributed by atoms with Crippen LogP contribution in [-0.4, -0.2) is 45.5 Å². The Labute approximate surface area is 151 Å². The number of thiol groups is 1. The second kappa shape index (κ2) is 7.44. The zero-order valence-electron chi connectivity index (χ0n) is 12.9. The van der Waals surface area contributed by atoms with Crippen LogP contribution < -0.4 is 10.6 Å². The van der Waals surface area contributed by atoms with E-state index in [4.69, 9.17) is 4.55 Å². The number of nitrogens with zero attached hydrogens (tertiary/aromatic N) is 5. The highest BCUT2D eigenvalue weighted by Crippen LogP contribution is 2.24. The first-order chi connectivity index (χ1) is 12.0. The number of anilines is 1. The molecule has 3 rings (SSSR count). The highest BCUT2D eigenvalue weighted by molar-refractivity contribution is 7.93. The van der Waals surface area contributed by atoms with Crippen LogP contribution in [0.25, 0.3) is 5.69 Å². The molecule has 9 nitrogen and oxygen atoms in total. The number of carbonyl (C=O) groups excluding carboxylic acids is 1. The van der Waals surface area contributed by atoms with Crippen LogP contribution in [0, 0.1) is 0 Å². The molecule has 2 atom stereocenters. The van der Waals surface area contributed by atoms with Gasteiger partial charge >= 0.3 is 5.69 Å². The lowest BCUT2D eigenvalue weighted by atomic mass is 10.1. The Balaban J connectivity index is 1.84. The van der Waals surface area contributed by atoms with E-state index in [1.54, 1.807) is 24.4 Å². The van der Waals surface area contributed by atoms with E-state index in [-0.39, 0.29) is 5.91 Å². The van der Waals surface area contributed by atoms with Crippen molar-refractivity contribution in [3.05, 3.63) is 47.3 Å². The van der Waals surface area contributed by atoms with Gasteiger partial charge in [-0.15, -0.1) is 3.71 Å². The molecule has 0 saturated carbocycles. The molecule has 25 heavy (non-hydrogen) atoms. The van der Waals surface area contributed by atoms with Gasteiger partial charge in [-0.1, -0.05) is 12.8 Å². The predicted octanol–water partition coefficient (Wildman–Crippen LogP) is 0.406. The minimum atomic E-state index is -2.35. The second-order valence-corrected chi connectivity index (χ2v) is 6.88. The molecule has 0 aromatic carbocycles. The third kappa shape index (κ3) is 3.63. The number of piperidine rings is 1. The maximum absolute atomic E-state index is 12.6. The van der Waals surface area contributed by atoms with Crippen LogP contribution in [0.2, 0.25) is 0 Å². The van der Waals surface area contributed by atoms with E-state index in [0.29, 0.717) is 30.9 Å². The molecule has 1 aliphatic heterocycles. The van der Waals surface area contributed by atoms with Crippen molar-refractivity contribution in [3.8, 4) is 5.69 Å². The van der Waals surface area contributed by atoms with Crippen molar-refractivity contribution >= 4 is 35.8 Å². The summed E-state index contributed by atoms with van der Waals surface area (Å²) in [7, 11) is 0. The van der Waals surface area contributed by atoms with Gasteiger partial charge in [0.15, 0.2) is 0 Å². The number of aromatic nitrogens is 3. The van der Waals surface area contributed by atoms with Crippen molar-refractivity contribution in [2.24, 2.45) is 0 Å². The Morgan fingerprint density at radius 1 is 1.32 bits per heavy atom. The molecule has 0 aliphatic carbocycles. The van der Waals surface area contributed by atoms with Gasteiger partial charge in [-0.25, -0.2) is 19.0 Å². The largest absolute Gasteiger partial charge is 0.352 e. The summed E-state index contributed by atoms with van der Waals surface area (Å²) in [5, 5.41) is 0. The van der Waals surface area contributed by atoms with Crippen LogP contribution in [0.3, 0.4) is 0 Å². The maximum Gasteiger partial charge on any atom is 0.352 e. The summed E-state index contributed by atoms with van der Waals surface area (Å²) in [6, 6.07) is 4.11. The first-order valence-electron chi connectivity index (χ1n) is 7.39. The molecule has 1 N–H and O–H groups in total. The molecule has 1 saturated heterocycles. The summed E-state index contributed by atoms with van der Waals surface area (Å²) in [6.45, 7) is 0.453. The smallest absolute Gasteiger partial charge is 0.295 e. The van der Waals surface area contributed by atoms with Crippen LogP contribution in [0.1, 0.15) is 12.8 Å². The molecule has 0 bridgehead atoms. The molecule has 3 heterocycles. The van der Waals surface area contributed by atoms with Crippen LogP contribution in [0.4, 0.5) is 5.82 Å². The zero-order chi connectivity index (χ0) is 18.0. The number of carbonyl (C=O) groups is 1. The lowest BCUT2D eigenvalue weighted by molar-refractivity contribution is -0.122. The van der Waals surface area contributed by atoms with Gasteiger partial charge in [0.2, 0.25) is 17.2 Å². The molecular formula is C14H15N5O4S2. The number of hydrogen-bond donors (Lipinski definition) is 2. The van der Waals surface area contributed by atoms with Gasteiger partial charge < -0.3 is 0 Å². The summed E-state index contributed by atoms with van der Waals surface area (Å²) in [6.07, 6.45) is 5.54. The van der Waals surface area contributed by atoms with Gasteiger partial charge in [-0.2, -0.15) is 0 Å². The molecule has 1 aliphatic rings. The van der Waals surface area contributed by atoms with E-state index < -0.39 is 23.0 Å². The molecule has 0 radical (unpaired) electrons. The molecule has 0 spiro atoms. The minimum absolute atomic E-state index is 0.345. The minimum Gasteiger partial charge on any atom is -0.295 e. The average Bonchev–Trinajstić information content (AvgIpc) is 2.62. The number of pyridine rings is 1. The molecular weight excluding hydrogens is 366 g/mol. The summed E-state index contributed by atoms with van der Waals surface area (Å²) in [4.78, 5) is 33.7. The SMILES string of the molecule is O=C1C(N(S)S(=O)O)CCCN1c1ccc(-n2cccnc2=O)cn1. The van der Waals surface area contributed by atoms with Crippen LogP contribution in [-0.2, 0) is 16.1 Å². The normalized spacial score (nSPS) is 19.2. The Morgan fingerprint density at radius 2 is 2.12 bits per heavy atom. The Morgan fingerprint density at radius 3 is 2.76 bits per heavy atom. The fourth-order valence-corrected chi connectivity index (χ4v) is 3.26. The van der Waals surface area contributed by atoms with Gasteiger partial charge in [-0.3, -0.25) is 18.8 Å². The molecule has 2 aromatic heterocycles. The predicted molar refractivity (Wildman–Crippen MR) is 94.6 cm³/mol. The quantitative estimate of drug-likeness (QED) is 0.586. The summed E-state index contributed by atoms with van der Waals surface area (Å²) in [5.74, 6) is 0.0586. The van der Waals surface area contributed by atoms with E-state index in [1.807, 2.05) is 0 Å². The molecule has 11 heteroatoms. The second-order valence-electron chi connectivity index (χ2n) is 5.33. The van der Waals surface area contributed by atoms with Crippen LogP contribution in [0.5, 0.6) is 0 Å². The van der Waals surface area contributed by atoms with E-state index in [1.165, 1.54) is 21.9 Å². The monoisotopic (exact) mass is 381 g/mol. The number of amides is 1. The van der Waals surface area contributed by atoms with Crippen molar-refractivity contribution < 1.29 is 13.6 Å². The first kappa shape index (κ1) is 17.7. The maximum atomic E-state index is 12.6. The van der Waals surface area contributed by atoms with Crippen LogP contribution in [0.15, 0.2) is 41.6 Å². The molecule has 1 fully saturated rings. The Hall–Kier alpha value is -2.08. The molecule has 132 valence electrons. The van der Waals surface area contributed by atoms with Gasteiger partial charge in [0.05, 0.1) is 11.9 Å². The van der Waals surface area contributed by atoms with E-state index in [2.05, 4.69) is 22.8 Å². The van der Waals surface area contributed by atoms with Crippen molar-refractivity contribution in [2.75, 3.05) is 11.4 Å². The third-order valence-electron chi connectivity index (χ3n) is 3.84. The Kier molecular flexibility index (Phi) is 5.27. The van der Waals surface area contributed by atoms with E-state index >= 15 is 0 Å². The number of rotatable bonds is 4. The highest BCUT2D eigenvalue weighted by atomic mass is 32.2. The van der Waals surface area contributed by atoms with Crippen molar-refractivity contribution in [1.82, 2.24) is 18.2 Å². The summed E-state index contributed by atoms with van der Waals surface area (Å²) in [5.41, 5.74) is 0.0949. The van der Waals surface area contributed by atoms with Crippen molar-refractivity contribution in [1.29, 1.82) is 0 Å². The van der Waals surface area contributed by atoms with Crippen molar-refractivity contribution in [3.63, 3.8) is 0 Å². The zero-order valence-corrected chi connectivity index (χ0v) is 14.6. The van der Waals surface area contributed by atoms with Crippen molar-refractivity contribution in [2.45, 2.75) is 18.9 Å². The van der Waals surface area contributed by atoms with Gasteiger partial charge in [0, 0.05) is 18.9 Å². The summed E-state index contributed by atoms with van der Waals surface area (Å²) >= 11 is 1.58. The molecule has 2 aromatic rings. The topological polar surface area (TPSA) is 109 Å². The standard InChI is InChI=1S/C14H15N5O4S2/c20-13-11(19(24)25(22)23)3-1-7-18(13)12-5-4-10(9-16-12)17-8-2-6-15-14(17)21/h2,4-6,8-9,11,24H,1,3,7H2,(H,22,23). The average molecular weight is 381 g/mol. The van der Waals surface area contributed by atoms with Gasteiger partial charge in [0.25, 0.3) is 0 Å². The molecule has 1 amide bonds. The fraction of sp³-hybridized carbons (Fsp3) is 0.286. The van der Waals surface area contributed by atoms with Gasteiger partial charge in [0.1, 0.15) is 11.9 Å². The number of hydrogen-bond acceptors (Lipinski definition) is 6. The van der Waals surface area contributed by atoms with E-state index in [0.717, 1.165) is 3.71 Å². The van der Waals surface area contributed by atoms with Crippen LogP contribution >= 0.6 is 12.8 Å². The third-order valence-corrected chi connectivity index (χ3v) is 5.11. The lowest BCUT2D eigenvalue weighted by Gasteiger charge is -2.33. The lowest BCUT2D eigenvalue weighted by Crippen LogP contribution is -2.50.